The molecule has 0 unspecified atom stereocenters. The summed E-state index contributed by atoms with van der Waals surface area (Å²) in [7, 11) is 3.44. The second-order valence-corrected chi connectivity index (χ2v) is 5.89. The molecule has 0 aromatic heterocycles. The zero-order valence-electron chi connectivity index (χ0n) is 14.7. The molecule has 0 fully saturated rings. The van der Waals surface area contributed by atoms with E-state index in [1.165, 1.54) is 0 Å². The molecule has 5 nitrogen and oxygen atoms in total. The highest BCUT2D eigenvalue weighted by molar-refractivity contribution is 9.10. The summed E-state index contributed by atoms with van der Waals surface area (Å²) in [6.07, 6.45) is 0.526. The zero-order chi connectivity index (χ0) is 18.8. The predicted molar refractivity (Wildman–Crippen MR) is 105 cm³/mol. The number of carbonyl (C=O) groups excluding carboxylic acids is 2. The van der Waals surface area contributed by atoms with Crippen LogP contribution in [0.25, 0.3) is 0 Å². The van der Waals surface area contributed by atoms with Crippen molar-refractivity contribution in [3.8, 4) is 0 Å². The van der Waals surface area contributed by atoms with Gasteiger partial charge in [0.1, 0.15) is 12.4 Å². The van der Waals surface area contributed by atoms with Crippen LogP contribution in [0.3, 0.4) is 0 Å². The van der Waals surface area contributed by atoms with Crippen molar-refractivity contribution in [3.63, 3.8) is 0 Å². The quantitative estimate of drug-likeness (QED) is 0.359. The van der Waals surface area contributed by atoms with Crippen LogP contribution >= 0.6 is 31.9 Å². The molecule has 24 heavy (non-hydrogen) atoms. The van der Waals surface area contributed by atoms with E-state index in [2.05, 4.69) is 41.9 Å². The molecule has 7 heteroatoms. The van der Waals surface area contributed by atoms with Gasteiger partial charge >= 0.3 is 0 Å². The van der Waals surface area contributed by atoms with E-state index in [4.69, 9.17) is 4.74 Å². The molecule has 0 aliphatic rings. The summed E-state index contributed by atoms with van der Waals surface area (Å²) in [5, 5.41) is 3.41. The van der Waals surface area contributed by atoms with Crippen molar-refractivity contribution in [2.75, 3.05) is 39.2 Å². The Kier molecular flexibility index (Phi) is 20.0. The van der Waals surface area contributed by atoms with Crippen molar-refractivity contribution in [1.29, 1.82) is 0 Å². The van der Waals surface area contributed by atoms with Crippen LogP contribution in [0, 0.1) is 0 Å². The number of Topliss-reactive ketones (excluding diaryl/α,β-unsaturated/α-hetero) is 1. The van der Waals surface area contributed by atoms with Crippen LogP contribution in [-0.2, 0) is 14.3 Å². The molecule has 1 atom stereocenters. The van der Waals surface area contributed by atoms with Gasteiger partial charge in [0.25, 0.3) is 0 Å². The number of aldehydes is 1. The van der Waals surface area contributed by atoms with Crippen molar-refractivity contribution < 1.29 is 19.1 Å². The number of carbonyl (C=O) groups is 2. The minimum atomic E-state index is -0.264. The fraction of sp³-hybridized carbons (Fsp3) is 0.529. The minimum absolute atomic E-state index is 0.116. The number of benzene rings is 1. The maximum absolute atomic E-state index is 11.3. The highest BCUT2D eigenvalue weighted by atomic mass is 79.9. The van der Waals surface area contributed by atoms with E-state index in [1.54, 1.807) is 14.2 Å². The van der Waals surface area contributed by atoms with Gasteiger partial charge in [-0.2, -0.15) is 0 Å². The summed E-state index contributed by atoms with van der Waals surface area (Å²) in [5.74, 6) is 0.116. The number of alkyl halides is 1. The SMILES string of the molecule is CCOC.CCO[C@H](C=O)CBr.CNCC(=O)c1ccc(Br)cc1. The minimum Gasteiger partial charge on any atom is -0.385 e. The zero-order valence-corrected chi connectivity index (χ0v) is 17.9. The molecule has 1 aromatic carbocycles. The van der Waals surface area contributed by atoms with Gasteiger partial charge in [-0.05, 0) is 33.0 Å². The Labute approximate surface area is 161 Å². The van der Waals surface area contributed by atoms with E-state index in [1.807, 2.05) is 38.1 Å². The molecular formula is C17H27Br2NO4. The summed E-state index contributed by atoms with van der Waals surface area (Å²) in [5.41, 5.74) is 0.743. The maximum Gasteiger partial charge on any atom is 0.176 e. The Bertz CT molecular complexity index is 425. The molecule has 0 spiro atoms. The highest BCUT2D eigenvalue weighted by Crippen LogP contribution is 2.10. The first kappa shape index (κ1) is 25.6. The summed E-state index contributed by atoms with van der Waals surface area (Å²) in [4.78, 5) is 21.2. The van der Waals surface area contributed by atoms with Crippen LogP contribution in [0.1, 0.15) is 24.2 Å². The number of hydrogen-bond acceptors (Lipinski definition) is 5. The summed E-state index contributed by atoms with van der Waals surface area (Å²) in [6, 6.07) is 7.35. The normalized spacial score (nSPS) is 10.6. The van der Waals surface area contributed by atoms with Gasteiger partial charge in [-0.3, -0.25) is 4.79 Å². The average Bonchev–Trinajstić information content (AvgIpc) is 2.61. The fourth-order valence-corrected chi connectivity index (χ4v) is 1.84. The van der Waals surface area contributed by atoms with Gasteiger partial charge in [0.15, 0.2) is 5.78 Å². The van der Waals surface area contributed by atoms with Crippen LogP contribution in [0.4, 0.5) is 0 Å². The third-order valence-electron chi connectivity index (χ3n) is 2.48. The van der Waals surface area contributed by atoms with Gasteiger partial charge in [-0.15, -0.1) is 0 Å². The molecule has 0 amide bonds. The first-order chi connectivity index (χ1) is 11.5. The van der Waals surface area contributed by atoms with Crippen molar-refractivity contribution in [2.45, 2.75) is 20.0 Å². The number of rotatable bonds is 8. The van der Waals surface area contributed by atoms with Gasteiger partial charge < -0.3 is 19.6 Å². The lowest BCUT2D eigenvalue weighted by molar-refractivity contribution is -0.116. The van der Waals surface area contributed by atoms with Gasteiger partial charge in [-0.25, -0.2) is 0 Å². The number of likely N-dealkylation sites (N-methyl/N-ethyl adjacent to an activating group) is 1. The number of methoxy groups -OCH3 is 1. The molecule has 0 aliphatic heterocycles. The lowest BCUT2D eigenvalue weighted by Gasteiger charge is -2.03. The van der Waals surface area contributed by atoms with Crippen LogP contribution in [0.2, 0.25) is 0 Å². The molecule has 138 valence electrons. The second kappa shape index (κ2) is 18.7. The topological polar surface area (TPSA) is 64.6 Å². The largest absolute Gasteiger partial charge is 0.385 e. The first-order valence-corrected chi connectivity index (χ1v) is 9.47. The Morgan fingerprint density at radius 2 is 1.79 bits per heavy atom. The monoisotopic (exact) mass is 467 g/mol. The smallest absolute Gasteiger partial charge is 0.176 e. The lowest BCUT2D eigenvalue weighted by atomic mass is 10.1. The third-order valence-corrected chi connectivity index (χ3v) is 3.64. The number of ketones is 1. The molecule has 0 saturated heterocycles. The molecule has 1 N–H and O–H groups in total. The number of ether oxygens (including phenoxy) is 2. The molecule has 0 saturated carbocycles. The number of nitrogens with one attached hydrogen (secondary N) is 1. The van der Waals surface area contributed by atoms with E-state index < -0.39 is 0 Å². The number of hydrogen-bond donors (Lipinski definition) is 1. The van der Waals surface area contributed by atoms with Crippen LogP contribution in [0.5, 0.6) is 0 Å². The van der Waals surface area contributed by atoms with E-state index >= 15 is 0 Å². The van der Waals surface area contributed by atoms with Crippen LogP contribution in [0.15, 0.2) is 28.7 Å². The molecule has 1 rings (SSSR count). The molecule has 0 aliphatic carbocycles. The molecule has 1 aromatic rings. The van der Waals surface area contributed by atoms with E-state index in [9.17, 15) is 9.59 Å². The molecular weight excluding hydrogens is 442 g/mol. The highest BCUT2D eigenvalue weighted by Gasteiger charge is 2.02. The standard InChI is InChI=1S/C9H10BrNO.C5H9BrO2.C3H8O/c1-11-6-9(12)7-2-4-8(10)5-3-7;1-2-8-5(3-6)4-7;1-3-4-2/h2-5,11H,6H2,1H3;4-5H,2-3H2,1H3;3H2,1-2H3/t;5-;/m.0./s1. The van der Waals surface area contributed by atoms with E-state index in [0.717, 1.165) is 22.9 Å². The Hall–Kier alpha value is -0.600. The van der Waals surface area contributed by atoms with Gasteiger partial charge in [0.2, 0.25) is 0 Å². The van der Waals surface area contributed by atoms with Gasteiger partial charge in [0, 0.05) is 35.7 Å². The van der Waals surface area contributed by atoms with E-state index in [0.29, 0.717) is 18.5 Å². The predicted octanol–water partition coefficient (Wildman–Crippen LogP) is 3.49. The summed E-state index contributed by atoms with van der Waals surface area (Å²) >= 11 is 6.43. The number of halogens is 2. The lowest BCUT2D eigenvalue weighted by Crippen LogP contribution is -2.18. The Balaban J connectivity index is 0. The van der Waals surface area contributed by atoms with Gasteiger partial charge in [-0.1, -0.05) is 44.0 Å². The van der Waals surface area contributed by atoms with Crippen molar-refractivity contribution in [1.82, 2.24) is 5.32 Å². The molecule has 0 bridgehead atoms. The second-order valence-electron chi connectivity index (χ2n) is 4.32. The van der Waals surface area contributed by atoms with Crippen LogP contribution < -0.4 is 5.32 Å². The maximum atomic E-state index is 11.3. The average molecular weight is 469 g/mol. The summed E-state index contributed by atoms with van der Waals surface area (Å²) in [6.45, 7) is 5.62. The third kappa shape index (κ3) is 15.0. The molecule has 0 heterocycles. The Morgan fingerprint density at radius 1 is 1.25 bits per heavy atom. The van der Waals surface area contributed by atoms with E-state index in [-0.39, 0.29) is 11.9 Å². The van der Waals surface area contributed by atoms with Gasteiger partial charge in [0.05, 0.1) is 6.54 Å². The fourth-order valence-electron chi connectivity index (χ4n) is 1.23. The van der Waals surface area contributed by atoms with Crippen LogP contribution in [-0.4, -0.2) is 57.4 Å². The first-order valence-electron chi connectivity index (χ1n) is 7.55. The summed E-state index contributed by atoms with van der Waals surface area (Å²) < 4.78 is 10.5. The molecule has 0 radical (unpaired) electrons. The van der Waals surface area contributed by atoms with Crippen molar-refractivity contribution in [3.05, 3.63) is 34.3 Å². The Morgan fingerprint density at radius 3 is 2.08 bits per heavy atom. The van der Waals surface area contributed by atoms with Crippen molar-refractivity contribution in [2.24, 2.45) is 0 Å². The van der Waals surface area contributed by atoms with Crippen molar-refractivity contribution >= 4 is 43.9 Å².